The summed E-state index contributed by atoms with van der Waals surface area (Å²) in [6.07, 6.45) is -5.39. The van der Waals surface area contributed by atoms with Crippen molar-refractivity contribution in [1.82, 2.24) is 5.01 Å². The number of hydrazone groups is 1. The van der Waals surface area contributed by atoms with Gasteiger partial charge in [0, 0.05) is 17.9 Å². The SMILES string of the molecule is CCC1=NN(C(=O)CSCc2ccccc2)[C@](O)(C(F)(F)F)C1. The van der Waals surface area contributed by atoms with Crippen LogP contribution in [0.25, 0.3) is 0 Å². The van der Waals surface area contributed by atoms with Gasteiger partial charge in [0.1, 0.15) is 0 Å². The van der Waals surface area contributed by atoms with Gasteiger partial charge >= 0.3 is 6.18 Å². The quantitative estimate of drug-likeness (QED) is 0.891. The van der Waals surface area contributed by atoms with Crippen molar-refractivity contribution in [1.29, 1.82) is 0 Å². The van der Waals surface area contributed by atoms with E-state index >= 15 is 0 Å². The molecule has 23 heavy (non-hydrogen) atoms. The third-order valence-corrected chi connectivity index (χ3v) is 4.47. The lowest BCUT2D eigenvalue weighted by atomic mass is 10.1. The van der Waals surface area contributed by atoms with Crippen LogP contribution in [0.2, 0.25) is 0 Å². The molecular weight excluding hydrogens is 329 g/mol. The molecular formula is C15H17F3N2O2S. The molecule has 1 aromatic carbocycles. The van der Waals surface area contributed by atoms with E-state index in [1.807, 2.05) is 30.3 Å². The molecule has 2 rings (SSSR count). The number of rotatable bonds is 5. The van der Waals surface area contributed by atoms with Gasteiger partial charge in [-0.15, -0.1) is 11.8 Å². The number of thioether (sulfide) groups is 1. The highest BCUT2D eigenvalue weighted by molar-refractivity contribution is 7.99. The summed E-state index contributed by atoms with van der Waals surface area (Å²) in [4.78, 5) is 12.1. The number of halogens is 3. The molecule has 126 valence electrons. The van der Waals surface area contributed by atoms with Crippen molar-refractivity contribution in [3.63, 3.8) is 0 Å². The van der Waals surface area contributed by atoms with Crippen LogP contribution >= 0.6 is 11.8 Å². The van der Waals surface area contributed by atoms with E-state index in [1.165, 1.54) is 11.8 Å². The Hall–Kier alpha value is -1.54. The van der Waals surface area contributed by atoms with Gasteiger partial charge in [-0.3, -0.25) is 4.79 Å². The third kappa shape index (κ3) is 3.87. The molecule has 1 N–H and O–H groups in total. The fraction of sp³-hybridized carbons (Fsp3) is 0.467. The van der Waals surface area contributed by atoms with E-state index in [2.05, 4.69) is 5.10 Å². The van der Waals surface area contributed by atoms with Gasteiger partial charge in [0.25, 0.3) is 11.6 Å². The predicted molar refractivity (Wildman–Crippen MR) is 82.8 cm³/mol. The predicted octanol–water partition coefficient (Wildman–Crippen LogP) is 3.17. The highest BCUT2D eigenvalue weighted by Crippen LogP contribution is 2.40. The summed E-state index contributed by atoms with van der Waals surface area (Å²) in [6.45, 7) is 1.63. The summed E-state index contributed by atoms with van der Waals surface area (Å²) in [5.41, 5.74) is -2.11. The molecule has 1 aromatic rings. The van der Waals surface area contributed by atoms with Gasteiger partial charge in [-0.05, 0) is 12.0 Å². The fourth-order valence-electron chi connectivity index (χ4n) is 2.19. The summed E-state index contributed by atoms with van der Waals surface area (Å²) < 4.78 is 39.4. The number of nitrogens with zero attached hydrogens (tertiary/aromatic N) is 2. The van der Waals surface area contributed by atoms with E-state index in [-0.39, 0.29) is 22.9 Å². The lowest BCUT2D eigenvalue weighted by Crippen LogP contribution is -2.57. The van der Waals surface area contributed by atoms with Crippen molar-refractivity contribution in [2.75, 3.05) is 5.75 Å². The minimum atomic E-state index is -4.95. The van der Waals surface area contributed by atoms with Gasteiger partial charge in [-0.25, -0.2) is 0 Å². The van der Waals surface area contributed by atoms with Crippen LogP contribution in [0.4, 0.5) is 13.2 Å². The van der Waals surface area contributed by atoms with Crippen molar-refractivity contribution < 1.29 is 23.1 Å². The van der Waals surface area contributed by atoms with Gasteiger partial charge in [0.2, 0.25) is 0 Å². The number of carbonyl (C=O) groups excluding carboxylic acids is 1. The minimum absolute atomic E-state index is 0.159. The van der Waals surface area contributed by atoms with E-state index < -0.39 is 24.2 Å². The molecule has 1 atom stereocenters. The van der Waals surface area contributed by atoms with Crippen LogP contribution in [0, 0.1) is 0 Å². The maximum absolute atomic E-state index is 13.1. The first-order valence-electron chi connectivity index (χ1n) is 7.08. The summed E-state index contributed by atoms with van der Waals surface area (Å²) in [7, 11) is 0. The highest BCUT2D eigenvalue weighted by Gasteiger charge is 2.62. The Bertz CT molecular complexity index is 592. The number of aliphatic hydroxyl groups is 1. The summed E-state index contributed by atoms with van der Waals surface area (Å²) in [5, 5.41) is 13.8. The molecule has 0 aliphatic carbocycles. The van der Waals surface area contributed by atoms with E-state index in [0.29, 0.717) is 5.75 Å². The van der Waals surface area contributed by atoms with Crippen LogP contribution in [0.15, 0.2) is 35.4 Å². The van der Waals surface area contributed by atoms with Crippen molar-refractivity contribution in [3.05, 3.63) is 35.9 Å². The molecule has 0 bridgehead atoms. The Balaban J connectivity index is 2.02. The lowest BCUT2D eigenvalue weighted by Gasteiger charge is -2.32. The lowest BCUT2D eigenvalue weighted by molar-refractivity contribution is -0.301. The van der Waals surface area contributed by atoms with Crippen LogP contribution < -0.4 is 0 Å². The molecule has 8 heteroatoms. The van der Waals surface area contributed by atoms with Crippen molar-refractivity contribution in [2.24, 2.45) is 5.10 Å². The van der Waals surface area contributed by atoms with Crippen LogP contribution in [0.3, 0.4) is 0 Å². The number of alkyl halides is 3. The Morgan fingerprint density at radius 2 is 2.04 bits per heavy atom. The molecule has 0 saturated carbocycles. The summed E-state index contributed by atoms with van der Waals surface area (Å²) >= 11 is 1.18. The third-order valence-electron chi connectivity index (χ3n) is 3.48. The number of hydrogen-bond acceptors (Lipinski definition) is 4. The maximum atomic E-state index is 13.1. The van der Waals surface area contributed by atoms with Gasteiger partial charge in [-0.1, -0.05) is 37.3 Å². The molecule has 0 fully saturated rings. The topological polar surface area (TPSA) is 52.9 Å². The number of benzene rings is 1. The number of hydrogen-bond donors (Lipinski definition) is 1. The molecule has 0 saturated heterocycles. The van der Waals surface area contributed by atoms with Crippen molar-refractivity contribution in [2.45, 2.75) is 37.4 Å². The minimum Gasteiger partial charge on any atom is -0.362 e. The zero-order valence-corrected chi connectivity index (χ0v) is 13.3. The van der Waals surface area contributed by atoms with Gasteiger partial charge in [-0.2, -0.15) is 23.3 Å². The molecule has 4 nitrogen and oxygen atoms in total. The molecule has 0 unspecified atom stereocenters. The van der Waals surface area contributed by atoms with E-state index in [9.17, 15) is 23.1 Å². The zero-order chi connectivity index (χ0) is 17.1. The van der Waals surface area contributed by atoms with E-state index in [4.69, 9.17) is 0 Å². The molecule has 0 radical (unpaired) electrons. The van der Waals surface area contributed by atoms with Crippen molar-refractivity contribution >= 4 is 23.4 Å². The standard InChI is InChI=1S/C15H17F3N2O2S/c1-2-12-8-14(22,15(16,17)18)20(19-12)13(21)10-23-9-11-6-4-3-5-7-11/h3-7,22H,2,8-10H2,1H3/t14-/m1/s1. The molecule has 0 spiro atoms. The molecule has 1 aliphatic rings. The molecule has 1 heterocycles. The van der Waals surface area contributed by atoms with Gasteiger partial charge in [0.05, 0.1) is 5.75 Å². The summed E-state index contributed by atoms with van der Waals surface area (Å²) in [6, 6.07) is 9.28. The van der Waals surface area contributed by atoms with E-state index in [1.54, 1.807) is 6.92 Å². The molecule has 1 amide bonds. The fourth-order valence-corrected chi connectivity index (χ4v) is 3.02. The Labute approximate surface area is 136 Å². The maximum Gasteiger partial charge on any atom is 0.438 e. The first kappa shape index (κ1) is 17.8. The van der Waals surface area contributed by atoms with Gasteiger partial charge < -0.3 is 5.11 Å². The molecule has 0 aromatic heterocycles. The first-order chi connectivity index (χ1) is 10.8. The number of amides is 1. The van der Waals surface area contributed by atoms with Gasteiger partial charge in [0.15, 0.2) is 0 Å². The first-order valence-corrected chi connectivity index (χ1v) is 8.23. The Morgan fingerprint density at radius 1 is 1.39 bits per heavy atom. The normalized spacial score (nSPS) is 21.4. The molecule has 1 aliphatic heterocycles. The number of carbonyl (C=O) groups is 1. The van der Waals surface area contributed by atoms with Crippen LogP contribution in [-0.2, 0) is 10.5 Å². The van der Waals surface area contributed by atoms with Crippen LogP contribution in [0.1, 0.15) is 25.3 Å². The zero-order valence-electron chi connectivity index (χ0n) is 12.5. The smallest absolute Gasteiger partial charge is 0.362 e. The Morgan fingerprint density at radius 3 is 2.61 bits per heavy atom. The second kappa shape index (κ2) is 6.92. The highest BCUT2D eigenvalue weighted by atomic mass is 32.2. The largest absolute Gasteiger partial charge is 0.438 e. The van der Waals surface area contributed by atoms with Crippen LogP contribution in [-0.4, -0.2) is 39.4 Å². The second-order valence-electron chi connectivity index (χ2n) is 5.19. The summed E-state index contributed by atoms with van der Waals surface area (Å²) in [5.74, 6) is -0.544. The van der Waals surface area contributed by atoms with Crippen LogP contribution in [0.5, 0.6) is 0 Å². The average Bonchev–Trinajstić information content (AvgIpc) is 2.86. The monoisotopic (exact) mass is 346 g/mol. The second-order valence-corrected chi connectivity index (χ2v) is 6.18. The average molecular weight is 346 g/mol. The Kier molecular flexibility index (Phi) is 5.36. The van der Waals surface area contributed by atoms with E-state index in [0.717, 1.165) is 5.56 Å². The van der Waals surface area contributed by atoms with Crippen molar-refractivity contribution in [3.8, 4) is 0 Å².